The molecule has 1 aromatic rings. The van der Waals surface area contributed by atoms with Crippen LogP contribution in [0, 0.1) is 0 Å². The fourth-order valence-electron chi connectivity index (χ4n) is 1.99. The van der Waals surface area contributed by atoms with E-state index in [9.17, 15) is 21.6 Å². The Morgan fingerprint density at radius 2 is 1.80 bits per heavy atom. The van der Waals surface area contributed by atoms with Crippen LogP contribution in [0.3, 0.4) is 0 Å². The van der Waals surface area contributed by atoms with Crippen molar-refractivity contribution in [1.29, 1.82) is 0 Å². The standard InChI is InChI=1S/C11H13NO6S2/c13-11-9-5-1-2-6-10(9)20(17,18)12(11)7-3-4-8-19(14,15)16/h1-2,5-6H,3-4,7-8H2,(H,14,15,16). The van der Waals surface area contributed by atoms with E-state index in [1.165, 1.54) is 18.2 Å². The molecule has 1 aromatic carbocycles. The molecule has 0 saturated heterocycles. The van der Waals surface area contributed by atoms with Crippen molar-refractivity contribution in [3.05, 3.63) is 29.8 Å². The topological polar surface area (TPSA) is 109 Å². The van der Waals surface area contributed by atoms with Gasteiger partial charge in [0.25, 0.3) is 26.0 Å². The van der Waals surface area contributed by atoms with Crippen molar-refractivity contribution in [3.8, 4) is 0 Å². The van der Waals surface area contributed by atoms with Crippen molar-refractivity contribution >= 4 is 26.0 Å². The molecule has 0 aromatic heterocycles. The second-order valence-electron chi connectivity index (χ2n) is 4.37. The first-order valence-electron chi connectivity index (χ1n) is 5.85. The summed E-state index contributed by atoms with van der Waals surface area (Å²) in [4.78, 5) is 12.0. The Morgan fingerprint density at radius 1 is 1.15 bits per heavy atom. The number of hydrogen-bond donors (Lipinski definition) is 1. The molecule has 1 amide bonds. The fourth-order valence-corrected chi connectivity index (χ4v) is 4.17. The quantitative estimate of drug-likeness (QED) is 0.625. The van der Waals surface area contributed by atoms with Crippen molar-refractivity contribution < 1.29 is 26.2 Å². The monoisotopic (exact) mass is 319 g/mol. The van der Waals surface area contributed by atoms with E-state index in [1.807, 2.05) is 0 Å². The third-order valence-electron chi connectivity index (χ3n) is 2.93. The summed E-state index contributed by atoms with van der Waals surface area (Å²) in [6, 6.07) is 5.91. The lowest BCUT2D eigenvalue weighted by molar-refractivity contribution is 0.0870. The van der Waals surface area contributed by atoms with Gasteiger partial charge in [-0.05, 0) is 25.0 Å². The van der Waals surface area contributed by atoms with Crippen LogP contribution in [0.15, 0.2) is 29.2 Å². The van der Waals surface area contributed by atoms with Gasteiger partial charge in [0.15, 0.2) is 0 Å². The number of carbonyl (C=O) groups is 1. The van der Waals surface area contributed by atoms with Crippen LogP contribution in [-0.4, -0.2) is 43.9 Å². The smallest absolute Gasteiger partial charge is 0.269 e. The number of rotatable bonds is 5. The third-order valence-corrected chi connectivity index (χ3v) is 5.57. The van der Waals surface area contributed by atoms with Gasteiger partial charge in [0.2, 0.25) is 0 Å². The van der Waals surface area contributed by atoms with Crippen molar-refractivity contribution in [1.82, 2.24) is 4.31 Å². The molecule has 1 heterocycles. The molecule has 1 aliphatic heterocycles. The molecule has 0 saturated carbocycles. The predicted octanol–water partition coefficient (Wildman–Crippen LogP) is 0.499. The van der Waals surface area contributed by atoms with E-state index in [4.69, 9.17) is 4.55 Å². The summed E-state index contributed by atoms with van der Waals surface area (Å²) < 4.78 is 54.7. The SMILES string of the molecule is O=C1c2ccccc2S(=O)(=O)N1CCCCS(=O)(=O)O. The average molecular weight is 319 g/mol. The lowest BCUT2D eigenvalue weighted by Crippen LogP contribution is -2.31. The van der Waals surface area contributed by atoms with Gasteiger partial charge in [0, 0.05) is 6.54 Å². The minimum Gasteiger partial charge on any atom is -0.286 e. The van der Waals surface area contributed by atoms with Crippen LogP contribution in [0.4, 0.5) is 0 Å². The Morgan fingerprint density at radius 3 is 2.40 bits per heavy atom. The van der Waals surface area contributed by atoms with Gasteiger partial charge in [0.1, 0.15) is 4.90 Å². The number of nitrogens with zero attached hydrogens (tertiary/aromatic N) is 1. The fraction of sp³-hybridized carbons (Fsp3) is 0.364. The summed E-state index contributed by atoms with van der Waals surface area (Å²) >= 11 is 0. The zero-order chi connectivity index (χ0) is 15.0. The molecule has 0 aliphatic carbocycles. The Hall–Kier alpha value is -1.45. The van der Waals surface area contributed by atoms with Crippen LogP contribution in [0.25, 0.3) is 0 Å². The molecule has 2 rings (SSSR count). The minimum absolute atomic E-state index is 0.0280. The number of unbranched alkanes of at least 4 members (excludes halogenated alkanes) is 1. The van der Waals surface area contributed by atoms with Crippen LogP contribution < -0.4 is 0 Å². The molecule has 0 bridgehead atoms. The van der Waals surface area contributed by atoms with Gasteiger partial charge in [-0.1, -0.05) is 12.1 Å². The molecule has 20 heavy (non-hydrogen) atoms. The van der Waals surface area contributed by atoms with E-state index in [0.29, 0.717) is 0 Å². The zero-order valence-electron chi connectivity index (χ0n) is 10.4. The maximum Gasteiger partial charge on any atom is 0.269 e. The van der Waals surface area contributed by atoms with E-state index < -0.39 is 31.8 Å². The van der Waals surface area contributed by atoms with Gasteiger partial charge >= 0.3 is 0 Å². The molecule has 110 valence electrons. The van der Waals surface area contributed by atoms with E-state index in [0.717, 1.165) is 4.31 Å². The molecular formula is C11H13NO6S2. The highest BCUT2D eigenvalue weighted by atomic mass is 32.2. The van der Waals surface area contributed by atoms with Crippen LogP contribution in [0.1, 0.15) is 23.2 Å². The van der Waals surface area contributed by atoms with E-state index in [2.05, 4.69) is 0 Å². The molecule has 1 N–H and O–H groups in total. The largest absolute Gasteiger partial charge is 0.286 e. The van der Waals surface area contributed by atoms with Gasteiger partial charge in [-0.3, -0.25) is 9.35 Å². The average Bonchev–Trinajstić information content (AvgIpc) is 2.54. The normalized spacial score (nSPS) is 17.2. The van der Waals surface area contributed by atoms with Crippen LogP contribution in [0.2, 0.25) is 0 Å². The van der Waals surface area contributed by atoms with Crippen molar-refractivity contribution in [2.75, 3.05) is 12.3 Å². The lowest BCUT2D eigenvalue weighted by atomic mass is 10.2. The second kappa shape index (κ2) is 5.15. The first kappa shape index (κ1) is 14.9. The summed E-state index contributed by atoms with van der Waals surface area (Å²) in [7, 11) is -7.91. The lowest BCUT2D eigenvalue weighted by Gasteiger charge is -2.14. The molecule has 0 spiro atoms. The number of sulfonamides is 1. The number of fused-ring (bicyclic) bond motifs is 1. The Balaban J connectivity index is 2.10. The highest BCUT2D eigenvalue weighted by Gasteiger charge is 2.40. The predicted molar refractivity (Wildman–Crippen MR) is 70.3 cm³/mol. The van der Waals surface area contributed by atoms with Crippen molar-refractivity contribution in [3.63, 3.8) is 0 Å². The van der Waals surface area contributed by atoms with Crippen molar-refractivity contribution in [2.24, 2.45) is 0 Å². The summed E-state index contributed by atoms with van der Waals surface area (Å²) in [6.45, 7) is -0.106. The molecule has 0 radical (unpaired) electrons. The zero-order valence-corrected chi connectivity index (χ0v) is 12.0. The first-order valence-corrected chi connectivity index (χ1v) is 8.90. The number of benzene rings is 1. The van der Waals surface area contributed by atoms with E-state index in [-0.39, 0.29) is 29.8 Å². The van der Waals surface area contributed by atoms with Gasteiger partial charge in [0.05, 0.1) is 11.3 Å². The van der Waals surface area contributed by atoms with Crippen LogP contribution in [-0.2, 0) is 20.1 Å². The van der Waals surface area contributed by atoms with Gasteiger partial charge in [-0.15, -0.1) is 0 Å². The summed E-state index contributed by atoms with van der Waals surface area (Å²) in [5.41, 5.74) is 0.127. The van der Waals surface area contributed by atoms with Gasteiger partial charge < -0.3 is 0 Å². The second-order valence-corrected chi connectivity index (χ2v) is 7.77. The molecule has 7 nitrogen and oxygen atoms in total. The highest BCUT2D eigenvalue weighted by molar-refractivity contribution is 7.90. The summed E-state index contributed by atoms with van der Waals surface area (Å²) in [5.74, 6) is -1.06. The molecule has 1 aliphatic rings. The number of amides is 1. The molecular weight excluding hydrogens is 306 g/mol. The van der Waals surface area contributed by atoms with Crippen LogP contribution >= 0.6 is 0 Å². The molecule has 9 heteroatoms. The van der Waals surface area contributed by atoms with Crippen LogP contribution in [0.5, 0.6) is 0 Å². The van der Waals surface area contributed by atoms with E-state index >= 15 is 0 Å². The number of hydrogen-bond acceptors (Lipinski definition) is 5. The maximum atomic E-state index is 12.1. The minimum atomic E-state index is -4.07. The summed E-state index contributed by atoms with van der Waals surface area (Å²) in [5, 5.41) is 0. The van der Waals surface area contributed by atoms with Gasteiger partial charge in [-0.2, -0.15) is 8.42 Å². The molecule has 0 fully saturated rings. The summed E-state index contributed by atoms with van der Waals surface area (Å²) in [6.07, 6.45) is 0.243. The Bertz CT molecular complexity index is 738. The maximum absolute atomic E-state index is 12.1. The third kappa shape index (κ3) is 2.84. The number of carbonyl (C=O) groups excluding carboxylic acids is 1. The Kier molecular flexibility index (Phi) is 3.85. The Labute approximate surface area is 117 Å². The molecule has 0 unspecified atom stereocenters. The van der Waals surface area contributed by atoms with Crippen molar-refractivity contribution in [2.45, 2.75) is 17.7 Å². The first-order chi connectivity index (χ1) is 9.23. The highest BCUT2D eigenvalue weighted by Crippen LogP contribution is 2.29. The van der Waals surface area contributed by atoms with Gasteiger partial charge in [-0.25, -0.2) is 12.7 Å². The van der Waals surface area contributed by atoms with E-state index in [1.54, 1.807) is 6.07 Å². The molecule has 0 atom stereocenters.